The van der Waals surface area contributed by atoms with Gasteiger partial charge in [-0.1, -0.05) is 30.3 Å². The summed E-state index contributed by atoms with van der Waals surface area (Å²) in [6.45, 7) is 0.537. The van der Waals surface area contributed by atoms with Crippen LogP contribution in [0.1, 0.15) is 15.9 Å². The summed E-state index contributed by atoms with van der Waals surface area (Å²) in [5, 5.41) is 2.92. The van der Waals surface area contributed by atoms with Crippen LogP contribution < -0.4 is 10.2 Å². The number of hydrogen-bond acceptors (Lipinski definition) is 2. The van der Waals surface area contributed by atoms with Gasteiger partial charge in [0.1, 0.15) is 0 Å². The van der Waals surface area contributed by atoms with Crippen molar-refractivity contribution in [3.05, 3.63) is 65.7 Å². The second-order valence-electron chi connectivity index (χ2n) is 4.61. The van der Waals surface area contributed by atoms with Gasteiger partial charge in [0.05, 0.1) is 0 Å². The molecule has 0 aliphatic rings. The Morgan fingerprint density at radius 3 is 2.47 bits per heavy atom. The molecule has 3 nitrogen and oxygen atoms in total. The van der Waals surface area contributed by atoms with E-state index >= 15 is 0 Å². The van der Waals surface area contributed by atoms with Crippen molar-refractivity contribution in [2.75, 3.05) is 19.0 Å². The second kappa shape index (κ2) is 6.05. The van der Waals surface area contributed by atoms with E-state index in [-0.39, 0.29) is 5.91 Å². The predicted molar refractivity (Wildman–Crippen MR) is 78.4 cm³/mol. The fourth-order valence-corrected chi connectivity index (χ4v) is 1.82. The molecule has 0 saturated carbocycles. The van der Waals surface area contributed by atoms with Crippen molar-refractivity contribution in [2.24, 2.45) is 0 Å². The van der Waals surface area contributed by atoms with Crippen molar-refractivity contribution in [1.29, 1.82) is 0 Å². The van der Waals surface area contributed by atoms with E-state index in [9.17, 15) is 4.79 Å². The lowest BCUT2D eigenvalue weighted by atomic mass is 10.1. The molecule has 0 aliphatic carbocycles. The summed E-state index contributed by atoms with van der Waals surface area (Å²) in [5.74, 6) is -0.0455. The summed E-state index contributed by atoms with van der Waals surface area (Å²) in [7, 11) is 4.00. The SMILES string of the molecule is CN(C)c1cccc(CNC(=O)c2ccccc2)c1. The molecule has 0 spiro atoms. The Bertz CT molecular complexity index is 550. The fourth-order valence-electron chi connectivity index (χ4n) is 1.82. The van der Waals surface area contributed by atoms with Crippen LogP contribution in [0.25, 0.3) is 0 Å². The first-order chi connectivity index (χ1) is 9.16. The highest BCUT2D eigenvalue weighted by Gasteiger charge is 2.04. The molecule has 0 atom stereocenters. The molecule has 0 bridgehead atoms. The van der Waals surface area contributed by atoms with Crippen molar-refractivity contribution in [1.82, 2.24) is 5.32 Å². The van der Waals surface area contributed by atoms with Gasteiger partial charge < -0.3 is 10.2 Å². The lowest BCUT2D eigenvalue weighted by Gasteiger charge is -2.13. The van der Waals surface area contributed by atoms with Gasteiger partial charge in [-0.25, -0.2) is 0 Å². The number of nitrogens with one attached hydrogen (secondary N) is 1. The van der Waals surface area contributed by atoms with Crippen LogP contribution in [0.3, 0.4) is 0 Å². The first-order valence-electron chi connectivity index (χ1n) is 6.26. The Labute approximate surface area is 113 Å². The van der Waals surface area contributed by atoms with Gasteiger partial charge >= 0.3 is 0 Å². The molecule has 2 aromatic carbocycles. The monoisotopic (exact) mass is 254 g/mol. The predicted octanol–water partition coefficient (Wildman–Crippen LogP) is 2.68. The van der Waals surface area contributed by atoms with Gasteiger partial charge in [0.15, 0.2) is 0 Å². The van der Waals surface area contributed by atoms with E-state index in [1.165, 1.54) is 0 Å². The Morgan fingerprint density at radius 2 is 1.79 bits per heavy atom. The lowest BCUT2D eigenvalue weighted by molar-refractivity contribution is 0.0951. The van der Waals surface area contributed by atoms with Gasteiger partial charge in [-0.15, -0.1) is 0 Å². The summed E-state index contributed by atoms with van der Waals surface area (Å²) in [4.78, 5) is 14.0. The Hall–Kier alpha value is -2.29. The molecule has 0 radical (unpaired) electrons. The highest BCUT2D eigenvalue weighted by molar-refractivity contribution is 5.94. The molecule has 0 heterocycles. The van der Waals surface area contributed by atoms with Crippen molar-refractivity contribution < 1.29 is 4.79 Å². The minimum Gasteiger partial charge on any atom is -0.378 e. The third-order valence-corrected chi connectivity index (χ3v) is 2.92. The number of nitrogens with zero attached hydrogens (tertiary/aromatic N) is 1. The maximum atomic E-state index is 11.9. The largest absolute Gasteiger partial charge is 0.378 e. The molecule has 0 fully saturated rings. The third kappa shape index (κ3) is 3.58. The van der Waals surface area contributed by atoms with Gasteiger partial charge in [-0.3, -0.25) is 4.79 Å². The first-order valence-corrected chi connectivity index (χ1v) is 6.26. The van der Waals surface area contributed by atoms with E-state index < -0.39 is 0 Å². The highest BCUT2D eigenvalue weighted by atomic mass is 16.1. The number of hydrogen-bond donors (Lipinski definition) is 1. The molecule has 0 aliphatic heterocycles. The Balaban J connectivity index is 1.99. The smallest absolute Gasteiger partial charge is 0.251 e. The number of carbonyl (C=O) groups excluding carboxylic acids is 1. The molecule has 1 amide bonds. The summed E-state index contributed by atoms with van der Waals surface area (Å²) >= 11 is 0. The minimum atomic E-state index is -0.0455. The van der Waals surface area contributed by atoms with Crippen LogP contribution in [-0.2, 0) is 6.54 Å². The van der Waals surface area contributed by atoms with Gasteiger partial charge in [0.25, 0.3) is 5.91 Å². The number of carbonyl (C=O) groups is 1. The normalized spacial score (nSPS) is 10.0. The maximum absolute atomic E-state index is 11.9. The summed E-state index contributed by atoms with van der Waals surface area (Å²) in [5.41, 5.74) is 2.91. The number of benzene rings is 2. The molecule has 19 heavy (non-hydrogen) atoms. The van der Waals surface area contributed by atoms with Crippen molar-refractivity contribution in [3.63, 3.8) is 0 Å². The summed E-state index contributed by atoms with van der Waals surface area (Å²) in [6, 6.07) is 17.4. The lowest BCUT2D eigenvalue weighted by Crippen LogP contribution is -2.22. The average Bonchev–Trinajstić information content (AvgIpc) is 2.46. The first kappa shape index (κ1) is 13.1. The molecule has 0 saturated heterocycles. The molecular formula is C16H18N2O. The second-order valence-corrected chi connectivity index (χ2v) is 4.61. The van der Waals surface area contributed by atoms with Crippen LogP contribution >= 0.6 is 0 Å². The van der Waals surface area contributed by atoms with E-state index in [1.54, 1.807) is 0 Å². The molecule has 3 heteroatoms. The van der Waals surface area contributed by atoms with Crippen LogP contribution in [0, 0.1) is 0 Å². The van der Waals surface area contributed by atoms with Gasteiger partial charge in [-0.05, 0) is 29.8 Å². The summed E-state index contributed by atoms with van der Waals surface area (Å²) in [6.07, 6.45) is 0. The number of amides is 1. The van der Waals surface area contributed by atoms with Crippen LogP contribution in [0.2, 0.25) is 0 Å². The van der Waals surface area contributed by atoms with Crippen molar-refractivity contribution in [2.45, 2.75) is 6.54 Å². The van der Waals surface area contributed by atoms with E-state index in [4.69, 9.17) is 0 Å². The molecule has 2 aromatic rings. The minimum absolute atomic E-state index is 0.0455. The zero-order valence-electron chi connectivity index (χ0n) is 11.3. The molecular weight excluding hydrogens is 236 g/mol. The van der Waals surface area contributed by atoms with Crippen molar-refractivity contribution >= 4 is 11.6 Å². The zero-order valence-corrected chi connectivity index (χ0v) is 11.3. The fraction of sp³-hybridized carbons (Fsp3) is 0.188. The molecule has 2 rings (SSSR count). The molecule has 1 N–H and O–H groups in total. The zero-order chi connectivity index (χ0) is 13.7. The van der Waals surface area contributed by atoms with Crippen molar-refractivity contribution in [3.8, 4) is 0 Å². The van der Waals surface area contributed by atoms with E-state index in [2.05, 4.69) is 11.4 Å². The van der Waals surface area contributed by atoms with Gasteiger partial charge in [0.2, 0.25) is 0 Å². The van der Waals surface area contributed by atoms with Crippen LogP contribution in [0.5, 0.6) is 0 Å². The van der Waals surface area contributed by atoms with Crippen LogP contribution in [-0.4, -0.2) is 20.0 Å². The highest BCUT2D eigenvalue weighted by Crippen LogP contribution is 2.13. The molecule has 0 aromatic heterocycles. The number of rotatable bonds is 4. The topological polar surface area (TPSA) is 32.3 Å². The van der Waals surface area contributed by atoms with Crippen LogP contribution in [0.15, 0.2) is 54.6 Å². The summed E-state index contributed by atoms with van der Waals surface area (Å²) < 4.78 is 0. The molecule has 0 unspecified atom stereocenters. The Kier molecular flexibility index (Phi) is 4.18. The van der Waals surface area contributed by atoms with Gasteiger partial charge in [-0.2, -0.15) is 0 Å². The standard InChI is InChI=1S/C16H18N2O/c1-18(2)15-10-6-7-13(11-15)12-17-16(19)14-8-4-3-5-9-14/h3-11H,12H2,1-2H3,(H,17,19). The Morgan fingerprint density at radius 1 is 1.05 bits per heavy atom. The van der Waals surface area contributed by atoms with E-state index in [0.29, 0.717) is 12.1 Å². The van der Waals surface area contributed by atoms with E-state index in [1.807, 2.05) is 67.5 Å². The number of anilines is 1. The maximum Gasteiger partial charge on any atom is 0.251 e. The third-order valence-electron chi connectivity index (χ3n) is 2.92. The average molecular weight is 254 g/mol. The quantitative estimate of drug-likeness (QED) is 0.909. The van der Waals surface area contributed by atoms with E-state index in [0.717, 1.165) is 11.3 Å². The molecule has 98 valence electrons. The van der Waals surface area contributed by atoms with Gasteiger partial charge in [0, 0.05) is 31.9 Å². The van der Waals surface area contributed by atoms with Crippen LogP contribution in [0.4, 0.5) is 5.69 Å².